The zero-order valence-electron chi connectivity index (χ0n) is 18.2. The SMILES string of the molecule is FC1(F)CCN(c2ccc(-c3cc4nccnc4c(NCC4CNCCO4)n3)cc2)CC1.S. The average molecular weight is 475 g/mol. The van der Waals surface area contributed by atoms with Crippen LogP contribution in [0.15, 0.2) is 42.7 Å². The molecule has 7 nitrogen and oxygen atoms in total. The lowest BCUT2D eigenvalue weighted by molar-refractivity contribution is -0.0220. The van der Waals surface area contributed by atoms with Gasteiger partial charge in [-0.2, -0.15) is 13.5 Å². The molecule has 1 atom stereocenters. The van der Waals surface area contributed by atoms with Crippen LogP contribution in [0, 0.1) is 0 Å². The van der Waals surface area contributed by atoms with Gasteiger partial charge in [-0.1, -0.05) is 12.1 Å². The van der Waals surface area contributed by atoms with Crippen molar-refractivity contribution in [3.8, 4) is 11.3 Å². The summed E-state index contributed by atoms with van der Waals surface area (Å²) in [5, 5.41) is 6.70. The first kappa shape index (κ1) is 23.6. The summed E-state index contributed by atoms with van der Waals surface area (Å²) in [6, 6.07) is 9.81. The molecule has 10 heteroatoms. The van der Waals surface area contributed by atoms with Gasteiger partial charge >= 0.3 is 0 Å². The number of nitrogens with one attached hydrogen (secondary N) is 2. The Morgan fingerprint density at radius 3 is 2.61 bits per heavy atom. The molecule has 2 saturated heterocycles. The maximum atomic E-state index is 13.5. The van der Waals surface area contributed by atoms with E-state index < -0.39 is 5.92 Å². The fourth-order valence-corrected chi connectivity index (χ4v) is 4.14. The standard InChI is InChI=1S/C23H26F2N6O.H2S/c24-23(25)5-10-31(11-6-23)17-3-1-16(2-4-17)19-13-20-21(28-8-7-27-20)22(30-19)29-15-18-14-26-9-12-32-18;/h1-4,7-8,13,18,26H,5-6,9-12,14-15H2,(H,29,30);1H2. The van der Waals surface area contributed by atoms with Gasteiger partial charge in [-0.3, -0.25) is 4.98 Å². The molecule has 0 bridgehead atoms. The Kier molecular flexibility index (Phi) is 7.26. The maximum absolute atomic E-state index is 13.5. The topological polar surface area (TPSA) is 75.2 Å². The Morgan fingerprint density at radius 2 is 1.88 bits per heavy atom. The summed E-state index contributed by atoms with van der Waals surface area (Å²) >= 11 is 0. The number of hydrogen-bond acceptors (Lipinski definition) is 7. The zero-order chi connectivity index (χ0) is 22.0. The largest absolute Gasteiger partial charge is 0.374 e. The first-order chi connectivity index (χ1) is 15.6. The second kappa shape index (κ2) is 10.1. The van der Waals surface area contributed by atoms with Gasteiger partial charge in [-0.05, 0) is 18.2 Å². The van der Waals surface area contributed by atoms with Gasteiger partial charge in [-0.25, -0.2) is 18.7 Å². The molecule has 3 aromatic rings. The molecular formula is C23H28F2N6OS. The second-order valence-corrected chi connectivity index (χ2v) is 8.25. The molecule has 176 valence electrons. The van der Waals surface area contributed by atoms with E-state index >= 15 is 0 Å². The van der Waals surface area contributed by atoms with Gasteiger partial charge in [-0.15, -0.1) is 0 Å². The summed E-state index contributed by atoms with van der Waals surface area (Å²) in [6.45, 7) is 3.70. The van der Waals surface area contributed by atoms with E-state index in [2.05, 4.69) is 20.6 Å². The van der Waals surface area contributed by atoms with Crippen LogP contribution in [0.1, 0.15) is 12.8 Å². The van der Waals surface area contributed by atoms with Crippen molar-refractivity contribution in [3.63, 3.8) is 0 Å². The maximum Gasteiger partial charge on any atom is 0.251 e. The molecule has 33 heavy (non-hydrogen) atoms. The van der Waals surface area contributed by atoms with E-state index in [1.165, 1.54) is 0 Å². The van der Waals surface area contributed by atoms with E-state index in [0.29, 0.717) is 37.6 Å². The van der Waals surface area contributed by atoms with Gasteiger partial charge in [0.2, 0.25) is 0 Å². The molecule has 5 rings (SSSR count). The average Bonchev–Trinajstić information content (AvgIpc) is 2.83. The van der Waals surface area contributed by atoms with Crippen molar-refractivity contribution in [3.05, 3.63) is 42.7 Å². The van der Waals surface area contributed by atoms with Crippen molar-refractivity contribution >= 4 is 36.0 Å². The van der Waals surface area contributed by atoms with Crippen LogP contribution in [0.5, 0.6) is 0 Å². The highest BCUT2D eigenvalue weighted by molar-refractivity contribution is 7.59. The number of pyridine rings is 1. The number of anilines is 2. The number of benzene rings is 1. The first-order valence-corrected chi connectivity index (χ1v) is 11.0. The number of nitrogens with zero attached hydrogens (tertiary/aromatic N) is 4. The molecule has 2 fully saturated rings. The predicted molar refractivity (Wildman–Crippen MR) is 131 cm³/mol. The molecule has 0 amide bonds. The number of morpholine rings is 1. The lowest BCUT2D eigenvalue weighted by Crippen LogP contribution is -2.42. The first-order valence-electron chi connectivity index (χ1n) is 11.0. The van der Waals surface area contributed by atoms with Crippen molar-refractivity contribution in [2.45, 2.75) is 24.9 Å². The van der Waals surface area contributed by atoms with Crippen molar-refractivity contribution in [2.24, 2.45) is 0 Å². The normalized spacial score (nSPS) is 20.3. The minimum Gasteiger partial charge on any atom is -0.374 e. The third kappa shape index (κ3) is 5.51. The highest BCUT2D eigenvalue weighted by Crippen LogP contribution is 2.32. The van der Waals surface area contributed by atoms with E-state index in [1.54, 1.807) is 12.4 Å². The van der Waals surface area contributed by atoms with E-state index in [9.17, 15) is 8.78 Å². The highest BCUT2D eigenvalue weighted by Gasteiger charge is 2.34. The van der Waals surface area contributed by atoms with E-state index in [-0.39, 0.29) is 32.4 Å². The predicted octanol–water partition coefficient (Wildman–Crippen LogP) is 3.44. The quantitative estimate of drug-likeness (QED) is 0.587. The fraction of sp³-hybridized carbons (Fsp3) is 0.435. The molecular weight excluding hydrogens is 446 g/mol. The van der Waals surface area contributed by atoms with Gasteiger partial charge in [0.05, 0.1) is 23.9 Å². The molecule has 4 heterocycles. The van der Waals surface area contributed by atoms with Gasteiger partial charge < -0.3 is 20.3 Å². The molecule has 0 radical (unpaired) electrons. The Balaban J connectivity index is 0.00000259. The van der Waals surface area contributed by atoms with Gasteiger partial charge in [0, 0.05) is 69.2 Å². The lowest BCUT2D eigenvalue weighted by Gasteiger charge is -2.33. The number of halogens is 2. The van der Waals surface area contributed by atoms with Crippen LogP contribution in [0.25, 0.3) is 22.3 Å². The summed E-state index contributed by atoms with van der Waals surface area (Å²) in [4.78, 5) is 15.7. The van der Waals surface area contributed by atoms with Crippen LogP contribution in [-0.4, -0.2) is 66.3 Å². The van der Waals surface area contributed by atoms with Crippen LogP contribution >= 0.6 is 13.5 Å². The Morgan fingerprint density at radius 1 is 1.12 bits per heavy atom. The van der Waals surface area contributed by atoms with Gasteiger partial charge in [0.15, 0.2) is 5.82 Å². The van der Waals surface area contributed by atoms with Gasteiger partial charge in [0.25, 0.3) is 5.92 Å². The molecule has 2 aromatic heterocycles. The zero-order valence-corrected chi connectivity index (χ0v) is 19.2. The van der Waals surface area contributed by atoms with Crippen LogP contribution < -0.4 is 15.5 Å². The third-order valence-corrected chi connectivity index (χ3v) is 5.98. The number of aromatic nitrogens is 3. The van der Waals surface area contributed by atoms with Crippen LogP contribution in [0.2, 0.25) is 0 Å². The third-order valence-electron chi connectivity index (χ3n) is 5.98. The summed E-state index contributed by atoms with van der Waals surface area (Å²) in [6.07, 6.45) is 3.19. The highest BCUT2D eigenvalue weighted by atomic mass is 32.1. The monoisotopic (exact) mass is 474 g/mol. The number of ether oxygens (including phenoxy) is 1. The molecule has 1 aromatic carbocycles. The lowest BCUT2D eigenvalue weighted by atomic mass is 10.0. The Labute approximate surface area is 198 Å². The number of rotatable bonds is 5. The molecule has 0 spiro atoms. The minimum atomic E-state index is -2.55. The molecule has 2 N–H and O–H groups in total. The number of hydrogen-bond donors (Lipinski definition) is 2. The van der Waals surface area contributed by atoms with E-state index in [0.717, 1.165) is 35.6 Å². The molecule has 0 aliphatic carbocycles. The van der Waals surface area contributed by atoms with Crippen LogP contribution in [0.4, 0.5) is 20.3 Å². The number of fused-ring (bicyclic) bond motifs is 1. The molecule has 1 unspecified atom stereocenters. The smallest absolute Gasteiger partial charge is 0.251 e. The summed E-state index contributed by atoms with van der Waals surface area (Å²) in [5.74, 6) is -1.88. The van der Waals surface area contributed by atoms with E-state index in [1.807, 2.05) is 35.2 Å². The van der Waals surface area contributed by atoms with Crippen molar-refractivity contribution in [1.29, 1.82) is 0 Å². The van der Waals surface area contributed by atoms with E-state index in [4.69, 9.17) is 9.72 Å². The second-order valence-electron chi connectivity index (χ2n) is 8.25. The van der Waals surface area contributed by atoms with Crippen molar-refractivity contribution in [2.75, 3.05) is 49.5 Å². The summed E-state index contributed by atoms with van der Waals surface area (Å²) in [5.41, 5.74) is 4.13. The number of alkyl halides is 2. The number of piperidine rings is 1. The molecule has 0 saturated carbocycles. The summed E-state index contributed by atoms with van der Waals surface area (Å²) < 4.78 is 32.7. The van der Waals surface area contributed by atoms with Crippen molar-refractivity contribution < 1.29 is 13.5 Å². The Hall–Kier alpha value is -2.56. The molecule has 2 aliphatic heterocycles. The Bertz CT molecular complexity index is 1070. The summed E-state index contributed by atoms with van der Waals surface area (Å²) in [7, 11) is 0. The molecule has 2 aliphatic rings. The van der Waals surface area contributed by atoms with Gasteiger partial charge in [0.1, 0.15) is 5.52 Å². The fourth-order valence-electron chi connectivity index (χ4n) is 4.14. The van der Waals surface area contributed by atoms with Crippen LogP contribution in [-0.2, 0) is 4.74 Å². The van der Waals surface area contributed by atoms with Crippen LogP contribution in [0.3, 0.4) is 0 Å². The minimum absolute atomic E-state index is 0. The van der Waals surface area contributed by atoms with Crippen molar-refractivity contribution in [1.82, 2.24) is 20.3 Å².